The van der Waals surface area contributed by atoms with Gasteiger partial charge >= 0.3 is 5.69 Å². The molecule has 2 aromatic heterocycles. The van der Waals surface area contributed by atoms with Gasteiger partial charge in [-0.2, -0.15) is 0 Å². The summed E-state index contributed by atoms with van der Waals surface area (Å²) < 4.78 is 9.55. The molecule has 1 N–H and O–H groups in total. The molecule has 2 heterocycles. The zero-order valence-electron chi connectivity index (χ0n) is 17.1. The number of nitrogens with one attached hydrogen (secondary N) is 1. The molecule has 0 saturated heterocycles. The van der Waals surface area contributed by atoms with Crippen LogP contribution in [0.3, 0.4) is 0 Å². The number of benzene rings is 1. The van der Waals surface area contributed by atoms with E-state index in [1.807, 2.05) is 48.7 Å². The van der Waals surface area contributed by atoms with Gasteiger partial charge in [-0.15, -0.1) is 0 Å². The number of hydrogen-bond acceptors (Lipinski definition) is 4. The highest BCUT2D eigenvalue weighted by atomic mass is 16.5. The van der Waals surface area contributed by atoms with Crippen molar-refractivity contribution in [3.05, 3.63) is 79.9 Å². The lowest BCUT2D eigenvalue weighted by molar-refractivity contribution is 0.0949. The van der Waals surface area contributed by atoms with Crippen LogP contribution in [0.15, 0.2) is 46.0 Å². The Kier molecular flexibility index (Phi) is 5.45. The number of aryl methyl sites for hydroxylation is 1. The van der Waals surface area contributed by atoms with Crippen LogP contribution in [0.5, 0.6) is 5.75 Å². The SMILES string of the molecule is COc1ccc(-n2c(C)cc(C(=O)NCc3cc(=O)n(C)c(=O)n3C)c2C)cc1. The quantitative estimate of drug-likeness (QED) is 0.707. The highest BCUT2D eigenvalue weighted by Crippen LogP contribution is 2.22. The molecule has 152 valence electrons. The summed E-state index contributed by atoms with van der Waals surface area (Å²) in [4.78, 5) is 36.7. The minimum absolute atomic E-state index is 0.0762. The average molecular weight is 396 g/mol. The number of rotatable bonds is 5. The van der Waals surface area contributed by atoms with E-state index in [0.717, 1.165) is 27.4 Å². The molecule has 0 atom stereocenters. The van der Waals surface area contributed by atoms with Crippen LogP contribution in [0.1, 0.15) is 27.4 Å². The molecule has 0 aliphatic carbocycles. The van der Waals surface area contributed by atoms with Crippen molar-refractivity contribution in [1.29, 1.82) is 0 Å². The van der Waals surface area contributed by atoms with Crippen molar-refractivity contribution in [1.82, 2.24) is 19.0 Å². The molecule has 3 rings (SSSR count). The van der Waals surface area contributed by atoms with Gasteiger partial charge in [0.1, 0.15) is 5.75 Å². The maximum absolute atomic E-state index is 12.8. The van der Waals surface area contributed by atoms with E-state index in [4.69, 9.17) is 4.74 Å². The summed E-state index contributed by atoms with van der Waals surface area (Å²) in [5.74, 6) is 0.486. The number of amides is 1. The first-order chi connectivity index (χ1) is 13.7. The van der Waals surface area contributed by atoms with E-state index >= 15 is 0 Å². The first kappa shape index (κ1) is 20.2. The third kappa shape index (κ3) is 3.73. The van der Waals surface area contributed by atoms with Crippen molar-refractivity contribution in [2.75, 3.05) is 7.11 Å². The molecule has 8 heteroatoms. The zero-order chi connectivity index (χ0) is 21.3. The van der Waals surface area contributed by atoms with Crippen LogP contribution in [0.4, 0.5) is 0 Å². The van der Waals surface area contributed by atoms with Crippen LogP contribution >= 0.6 is 0 Å². The summed E-state index contributed by atoms with van der Waals surface area (Å²) >= 11 is 0. The summed E-state index contributed by atoms with van der Waals surface area (Å²) in [5, 5.41) is 2.80. The molecule has 0 fully saturated rings. The maximum Gasteiger partial charge on any atom is 0.330 e. The van der Waals surface area contributed by atoms with Gasteiger partial charge in [0.05, 0.1) is 19.2 Å². The highest BCUT2D eigenvalue weighted by molar-refractivity contribution is 5.95. The van der Waals surface area contributed by atoms with Crippen LogP contribution in [-0.2, 0) is 20.6 Å². The Morgan fingerprint density at radius 3 is 2.31 bits per heavy atom. The molecule has 1 amide bonds. The van der Waals surface area contributed by atoms with E-state index in [2.05, 4.69) is 5.32 Å². The Hall–Kier alpha value is -3.55. The number of aromatic nitrogens is 3. The Morgan fingerprint density at radius 1 is 1.03 bits per heavy atom. The van der Waals surface area contributed by atoms with Crippen LogP contribution in [0.2, 0.25) is 0 Å². The number of carbonyl (C=O) groups excluding carboxylic acids is 1. The van der Waals surface area contributed by atoms with Gasteiger partial charge in [-0.05, 0) is 44.2 Å². The van der Waals surface area contributed by atoms with E-state index in [9.17, 15) is 14.4 Å². The third-order valence-corrected chi connectivity index (χ3v) is 5.06. The molecule has 0 bridgehead atoms. The molecule has 0 unspecified atom stereocenters. The number of hydrogen-bond donors (Lipinski definition) is 1. The van der Waals surface area contributed by atoms with Crippen LogP contribution < -0.4 is 21.3 Å². The fourth-order valence-electron chi connectivity index (χ4n) is 3.34. The normalized spacial score (nSPS) is 10.8. The van der Waals surface area contributed by atoms with Crippen LogP contribution in [-0.4, -0.2) is 26.7 Å². The van der Waals surface area contributed by atoms with Gasteiger partial charge < -0.3 is 14.6 Å². The standard InChI is InChI=1S/C21H24N4O4/c1-13-10-18(14(2)25(13)15-6-8-17(29-5)9-7-15)20(27)22-12-16-11-19(26)24(4)21(28)23(16)3/h6-11H,12H2,1-5H3,(H,22,27). The summed E-state index contributed by atoms with van der Waals surface area (Å²) in [5.41, 5.74) is 2.77. The molecular weight excluding hydrogens is 372 g/mol. The molecule has 8 nitrogen and oxygen atoms in total. The summed E-state index contributed by atoms with van der Waals surface area (Å²) in [6.45, 7) is 3.88. The van der Waals surface area contributed by atoms with Gasteiger partial charge in [0.15, 0.2) is 0 Å². The zero-order valence-corrected chi connectivity index (χ0v) is 17.1. The molecule has 1 aromatic carbocycles. The van der Waals surface area contributed by atoms with Gasteiger partial charge in [-0.1, -0.05) is 0 Å². The maximum atomic E-state index is 12.8. The minimum atomic E-state index is -0.431. The number of nitrogens with zero attached hydrogens (tertiary/aromatic N) is 3. The van der Waals surface area contributed by atoms with Crippen molar-refractivity contribution in [3.63, 3.8) is 0 Å². The fourth-order valence-corrected chi connectivity index (χ4v) is 3.34. The van der Waals surface area contributed by atoms with E-state index < -0.39 is 11.2 Å². The molecule has 0 aliphatic rings. The number of methoxy groups -OCH3 is 1. The highest BCUT2D eigenvalue weighted by Gasteiger charge is 2.17. The fraction of sp³-hybridized carbons (Fsp3) is 0.286. The lowest BCUT2D eigenvalue weighted by atomic mass is 10.2. The third-order valence-electron chi connectivity index (χ3n) is 5.06. The summed E-state index contributed by atoms with van der Waals surface area (Å²) in [7, 11) is 4.60. The van der Waals surface area contributed by atoms with Crippen LogP contribution in [0.25, 0.3) is 5.69 Å². The number of ether oxygens (including phenoxy) is 1. The van der Waals surface area contributed by atoms with E-state index in [0.29, 0.717) is 11.3 Å². The monoisotopic (exact) mass is 396 g/mol. The summed E-state index contributed by atoms with van der Waals surface area (Å²) in [6.07, 6.45) is 0. The smallest absolute Gasteiger partial charge is 0.330 e. The van der Waals surface area contributed by atoms with Gasteiger partial charge in [0.2, 0.25) is 0 Å². The molecule has 0 saturated carbocycles. The van der Waals surface area contributed by atoms with Gasteiger partial charge in [0.25, 0.3) is 11.5 Å². The largest absolute Gasteiger partial charge is 0.497 e. The Morgan fingerprint density at radius 2 is 1.69 bits per heavy atom. The molecule has 0 aliphatic heterocycles. The topological polar surface area (TPSA) is 87.3 Å². The Bertz CT molecular complexity index is 1180. The Balaban J connectivity index is 1.86. The molecule has 3 aromatic rings. The lowest BCUT2D eigenvalue weighted by Crippen LogP contribution is -2.39. The number of carbonyl (C=O) groups is 1. The van der Waals surface area contributed by atoms with E-state index in [1.54, 1.807) is 14.2 Å². The molecule has 29 heavy (non-hydrogen) atoms. The first-order valence-corrected chi connectivity index (χ1v) is 9.12. The predicted octanol–water partition coefficient (Wildman–Crippen LogP) is 1.43. The van der Waals surface area contributed by atoms with Crippen molar-refractivity contribution in [2.45, 2.75) is 20.4 Å². The second kappa shape index (κ2) is 7.83. The van der Waals surface area contributed by atoms with Crippen molar-refractivity contribution in [2.24, 2.45) is 14.1 Å². The second-order valence-electron chi connectivity index (χ2n) is 6.88. The molecular formula is C21H24N4O4. The van der Waals surface area contributed by atoms with Gasteiger partial charge in [-0.25, -0.2) is 4.79 Å². The Labute approximate surface area is 168 Å². The second-order valence-corrected chi connectivity index (χ2v) is 6.88. The van der Waals surface area contributed by atoms with Crippen molar-refractivity contribution >= 4 is 5.91 Å². The van der Waals surface area contributed by atoms with E-state index in [-0.39, 0.29) is 12.5 Å². The predicted molar refractivity (Wildman–Crippen MR) is 110 cm³/mol. The summed E-state index contributed by atoms with van der Waals surface area (Å²) in [6, 6.07) is 10.8. The average Bonchev–Trinajstić information content (AvgIpc) is 3.02. The van der Waals surface area contributed by atoms with Crippen molar-refractivity contribution < 1.29 is 9.53 Å². The molecule has 0 spiro atoms. The van der Waals surface area contributed by atoms with Crippen LogP contribution in [0, 0.1) is 13.8 Å². The van der Waals surface area contributed by atoms with Gasteiger partial charge in [-0.3, -0.25) is 18.7 Å². The lowest BCUT2D eigenvalue weighted by Gasteiger charge is -2.12. The van der Waals surface area contributed by atoms with E-state index in [1.165, 1.54) is 17.7 Å². The van der Waals surface area contributed by atoms with Gasteiger partial charge in [0, 0.05) is 42.9 Å². The first-order valence-electron chi connectivity index (χ1n) is 9.12. The molecule has 0 radical (unpaired) electrons. The minimum Gasteiger partial charge on any atom is -0.497 e. The van der Waals surface area contributed by atoms with Crippen molar-refractivity contribution in [3.8, 4) is 11.4 Å².